The Labute approximate surface area is 124 Å². The van der Waals surface area contributed by atoms with Crippen LogP contribution in [0.3, 0.4) is 0 Å². The molecule has 1 aromatic carbocycles. The maximum Gasteiger partial charge on any atom is 0.325 e. The van der Waals surface area contributed by atoms with Crippen LogP contribution in [-0.4, -0.2) is 34.7 Å². The molecule has 2 rings (SSSR count). The first kappa shape index (κ1) is 15.1. The molecule has 1 aromatic heterocycles. The summed E-state index contributed by atoms with van der Waals surface area (Å²) in [6.07, 6.45) is 1.76. The van der Waals surface area contributed by atoms with Gasteiger partial charge in [-0.1, -0.05) is 30.3 Å². The molecule has 0 aliphatic carbocycles. The van der Waals surface area contributed by atoms with E-state index >= 15 is 0 Å². The Hall–Kier alpha value is -2.34. The number of rotatable bonds is 6. The van der Waals surface area contributed by atoms with Crippen molar-refractivity contribution in [2.75, 3.05) is 19.0 Å². The predicted molar refractivity (Wildman–Crippen MR) is 81.2 cm³/mol. The monoisotopic (exact) mass is 288 g/mol. The lowest BCUT2D eigenvalue weighted by molar-refractivity contribution is -0.139. The lowest BCUT2D eigenvalue weighted by Crippen LogP contribution is -2.28. The molecule has 0 aliphatic rings. The van der Waals surface area contributed by atoms with Gasteiger partial charge in [0.15, 0.2) is 0 Å². The highest BCUT2D eigenvalue weighted by molar-refractivity contribution is 5.75. The van der Waals surface area contributed by atoms with E-state index in [0.717, 1.165) is 17.2 Å². The number of benzene rings is 1. The third kappa shape index (κ3) is 3.41. The average molecular weight is 288 g/mol. The van der Waals surface area contributed by atoms with Crippen molar-refractivity contribution in [2.45, 2.75) is 12.6 Å². The van der Waals surface area contributed by atoms with Crippen molar-refractivity contribution < 1.29 is 9.90 Å². The topological polar surface area (TPSA) is 70.4 Å². The SMILES string of the molecule is CN(C)c1ncc(CNC(C(=O)O)c2ccccc2)n1C. The lowest BCUT2D eigenvalue weighted by Gasteiger charge is -2.16. The molecule has 0 aliphatic heterocycles. The van der Waals surface area contributed by atoms with Crippen molar-refractivity contribution in [1.82, 2.24) is 14.9 Å². The molecule has 21 heavy (non-hydrogen) atoms. The van der Waals surface area contributed by atoms with Gasteiger partial charge in [0, 0.05) is 27.7 Å². The van der Waals surface area contributed by atoms with Crippen molar-refractivity contribution in [3.63, 3.8) is 0 Å². The molecular formula is C15H20N4O2. The molecule has 2 aromatic rings. The fourth-order valence-electron chi connectivity index (χ4n) is 2.21. The number of imidazole rings is 1. The van der Waals surface area contributed by atoms with Gasteiger partial charge in [-0.2, -0.15) is 0 Å². The molecular weight excluding hydrogens is 268 g/mol. The van der Waals surface area contributed by atoms with Crippen LogP contribution in [0.1, 0.15) is 17.3 Å². The summed E-state index contributed by atoms with van der Waals surface area (Å²) in [6.45, 7) is 0.434. The number of hydrogen-bond donors (Lipinski definition) is 2. The standard InChI is InChI=1S/C15H20N4O2/c1-18(2)15-17-10-12(19(15)3)9-16-13(14(20)21)11-7-5-4-6-8-11/h4-8,10,13,16H,9H2,1-3H3,(H,20,21). The summed E-state index contributed by atoms with van der Waals surface area (Å²) in [6, 6.07) is 8.42. The average Bonchev–Trinajstić information content (AvgIpc) is 2.81. The second kappa shape index (κ2) is 6.41. The Balaban J connectivity index is 2.11. The number of anilines is 1. The quantitative estimate of drug-likeness (QED) is 0.841. The summed E-state index contributed by atoms with van der Waals surface area (Å²) < 4.78 is 1.94. The molecule has 0 spiro atoms. The van der Waals surface area contributed by atoms with Crippen molar-refractivity contribution in [3.8, 4) is 0 Å². The smallest absolute Gasteiger partial charge is 0.325 e. The van der Waals surface area contributed by atoms with Crippen LogP contribution < -0.4 is 10.2 Å². The molecule has 112 valence electrons. The molecule has 1 unspecified atom stereocenters. The molecule has 1 atom stereocenters. The third-order valence-corrected chi connectivity index (χ3v) is 3.33. The summed E-state index contributed by atoms with van der Waals surface area (Å²) in [7, 11) is 5.75. The number of aromatic nitrogens is 2. The number of carboxylic acid groups (broad SMARTS) is 1. The zero-order valence-corrected chi connectivity index (χ0v) is 12.4. The van der Waals surface area contributed by atoms with E-state index < -0.39 is 12.0 Å². The number of carboxylic acids is 1. The van der Waals surface area contributed by atoms with E-state index in [4.69, 9.17) is 0 Å². The summed E-state index contributed by atoms with van der Waals surface area (Å²) in [4.78, 5) is 17.7. The highest BCUT2D eigenvalue weighted by atomic mass is 16.4. The molecule has 0 bridgehead atoms. The molecule has 0 radical (unpaired) electrons. The van der Waals surface area contributed by atoms with Gasteiger partial charge in [0.2, 0.25) is 5.95 Å². The van der Waals surface area contributed by atoms with Gasteiger partial charge in [0.1, 0.15) is 6.04 Å². The summed E-state index contributed by atoms with van der Waals surface area (Å²) in [5, 5.41) is 12.4. The van der Waals surface area contributed by atoms with Crippen molar-refractivity contribution >= 4 is 11.9 Å². The van der Waals surface area contributed by atoms with Crippen LogP contribution >= 0.6 is 0 Å². The van der Waals surface area contributed by atoms with Crippen molar-refractivity contribution in [3.05, 3.63) is 47.8 Å². The van der Waals surface area contributed by atoms with E-state index in [1.807, 2.05) is 48.8 Å². The zero-order valence-electron chi connectivity index (χ0n) is 12.4. The highest BCUT2D eigenvalue weighted by Crippen LogP contribution is 2.15. The van der Waals surface area contributed by atoms with E-state index in [2.05, 4.69) is 10.3 Å². The summed E-state index contributed by atoms with van der Waals surface area (Å²) in [5.74, 6) is -0.0606. The fraction of sp³-hybridized carbons (Fsp3) is 0.333. The van der Waals surface area contributed by atoms with E-state index in [-0.39, 0.29) is 0 Å². The molecule has 6 nitrogen and oxygen atoms in total. The van der Waals surface area contributed by atoms with Gasteiger partial charge in [-0.15, -0.1) is 0 Å². The molecule has 0 saturated heterocycles. The first-order valence-electron chi connectivity index (χ1n) is 6.69. The minimum absolute atomic E-state index is 0.434. The summed E-state index contributed by atoms with van der Waals surface area (Å²) in [5.41, 5.74) is 1.67. The molecule has 2 N–H and O–H groups in total. The molecule has 0 saturated carbocycles. The number of carbonyl (C=O) groups is 1. The van der Waals surface area contributed by atoms with Crippen LogP contribution in [0, 0.1) is 0 Å². The number of hydrogen-bond acceptors (Lipinski definition) is 4. The van der Waals surface area contributed by atoms with Gasteiger partial charge in [0.05, 0.1) is 11.9 Å². The predicted octanol–water partition coefficient (Wildman–Crippen LogP) is 1.40. The summed E-state index contributed by atoms with van der Waals surface area (Å²) >= 11 is 0. The second-order valence-corrected chi connectivity index (χ2v) is 5.07. The van der Waals surface area contributed by atoms with Crippen molar-refractivity contribution in [2.24, 2.45) is 7.05 Å². The number of nitrogens with zero attached hydrogens (tertiary/aromatic N) is 3. The van der Waals surface area contributed by atoms with Crippen molar-refractivity contribution in [1.29, 1.82) is 0 Å². The zero-order chi connectivity index (χ0) is 15.4. The number of aliphatic carboxylic acids is 1. The lowest BCUT2D eigenvalue weighted by atomic mass is 10.1. The van der Waals surface area contributed by atoms with Gasteiger partial charge in [0.25, 0.3) is 0 Å². The highest BCUT2D eigenvalue weighted by Gasteiger charge is 2.19. The van der Waals surface area contributed by atoms with Gasteiger partial charge in [-0.3, -0.25) is 10.1 Å². The third-order valence-electron chi connectivity index (χ3n) is 3.33. The van der Waals surface area contributed by atoms with Crippen LogP contribution in [0.4, 0.5) is 5.95 Å². The first-order valence-corrected chi connectivity index (χ1v) is 6.69. The molecule has 6 heteroatoms. The Morgan fingerprint density at radius 3 is 2.57 bits per heavy atom. The maximum atomic E-state index is 11.4. The van der Waals surface area contributed by atoms with Gasteiger partial charge in [-0.25, -0.2) is 4.98 Å². The van der Waals surface area contributed by atoms with E-state index in [1.54, 1.807) is 18.3 Å². The normalized spacial score (nSPS) is 12.1. The van der Waals surface area contributed by atoms with Crippen LogP contribution in [0.5, 0.6) is 0 Å². The minimum Gasteiger partial charge on any atom is -0.480 e. The van der Waals surface area contributed by atoms with Crippen LogP contribution in [0.2, 0.25) is 0 Å². The van der Waals surface area contributed by atoms with Crippen LogP contribution in [0.25, 0.3) is 0 Å². The molecule has 0 fully saturated rings. The van der Waals surface area contributed by atoms with Gasteiger partial charge >= 0.3 is 5.97 Å². The Kier molecular flexibility index (Phi) is 4.59. The first-order chi connectivity index (χ1) is 10.0. The molecule has 0 amide bonds. The van der Waals surface area contributed by atoms with Gasteiger partial charge < -0.3 is 14.6 Å². The molecule has 1 heterocycles. The Bertz CT molecular complexity index is 607. The minimum atomic E-state index is -0.892. The van der Waals surface area contributed by atoms with E-state index in [0.29, 0.717) is 6.54 Å². The number of nitrogens with one attached hydrogen (secondary N) is 1. The van der Waals surface area contributed by atoms with E-state index in [9.17, 15) is 9.90 Å². The largest absolute Gasteiger partial charge is 0.480 e. The maximum absolute atomic E-state index is 11.4. The Morgan fingerprint density at radius 2 is 2.05 bits per heavy atom. The van der Waals surface area contributed by atoms with Gasteiger partial charge in [-0.05, 0) is 5.56 Å². The fourth-order valence-corrected chi connectivity index (χ4v) is 2.21. The Morgan fingerprint density at radius 1 is 1.38 bits per heavy atom. The van der Waals surface area contributed by atoms with Crippen LogP contribution in [-0.2, 0) is 18.4 Å². The van der Waals surface area contributed by atoms with Crippen LogP contribution in [0.15, 0.2) is 36.5 Å². The van der Waals surface area contributed by atoms with E-state index in [1.165, 1.54) is 0 Å². The second-order valence-electron chi connectivity index (χ2n) is 5.07.